The van der Waals surface area contributed by atoms with Gasteiger partial charge in [-0.1, -0.05) is 6.42 Å². The third-order valence-corrected chi connectivity index (χ3v) is 3.08. The maximum Gasteiger partial charge on any atom is 0.316 e. The van der Waals surface area contributed by atoms with E-state index in [0.717, 1.165) is 12.8 Å². The van der Waals surface area contributed by atoms with Crippen LogP contribution in [-0.2, 0) is 24.4 Å². The summed E-state index contributed by atoms with van der Waals surface area (Å²) in [7, 11) is -4.38. The van der Waals surface area contributed by atoms with Crippen LogP contribution in [0.15, 0.2) is 0 Å². The number of Topliss-reactive ketones (excluding diaryl/α,β-unsaturated/α-hetero) is 1. The fourth-order valence-electron chi connectivity index (χ4n) is 1.58. The third-order valence-electron chi connectivity index (χ3n) is 2.42. The van der Waals surface area contributed by atoms with Crippen molar-refractivity contribution in [1.29, 1.82) is 0 Å². The number of carbonyl (C=O) groups is 2. The minimum atomic E-state index is -4.38. The summed E-state index contributed by atoms with van der Waals surface area (Å²) < 4.78 is 35.3. The Morgan fingerprint density at radius 2 is 2.12 bits per heavy atom. The summed E-state index contributed by atoms with van der Waals surface area (Å²) in [5.41, 5.74) is 0. The van der Waals surface area contributed by atoms with Crippen molar-refractivity contribution in [2.45, 2.75) is 25.7 Å². The molecule has 0 aromatic carbocycles. The Balaban J connectivity index is 2.37. The molecule has 0 amide bonds. The zero-order valence-corrected chi connectivity index (χ0v) is 9.49. The van der Waals surface area contributed by atoms with Crippen LogP contribution in [0.25, 0.3) is 0 Å². The van der Waals surface area contributed by atoms with Gasteiger partial charge in [-0.15, -0.1) is 0 Å². The quantitative estimate of drug-likeness (QED) is 0.389. The van der Waals surface area contributed by atoms with Gasteiger partial charge in [0, 0.05) is 6.42 Å². The zero-order chi connectivity index (χ0) is 12.2. The highest BCUT2D eigenvalue weighted by Gasteiger charge is 2.30. The molecule has 1 unspecified atom stereocenters. The molecule has 0 spiro atoms. The van der Waals surface area contributed by atoms with Crippen LogP contribution in [-0.4, -0.2) is 37.1 Å². The fraction of sp³-hybridized carbons (Fsp3) is 0.778. The van der Waals surface area contributed by atoms with Crippen LogP contribution >= 0.6 is 0 Å². The topological polar surface area (TPSA) is 101 Å². The predicted octanol–water partition coefficient (Wildman–Crippen LogP) is -0.166. The molecular formula is C9H13O6S-. The van der Waals surface area contributed by atoms with E-state index in [4.69, 9.17) is 0 Å². The van der Waals surface area contributed by atoms with Gasteiger partial charge in [0.15, 0.2) is 0 Å². The number of hydrogen-bond donors (Lipinski definition) is 0. The highest BCUT2D eigenvalue weighted by molar-refractivity contribution is 7.85. The summed E-state index contributed by atoms with van der Waals surface area (Å²) >= 11 is 0. The Morgan fingerprint density at radius 3 is 2.69 bits per heavy atom. The highest BCUT2D eigenvalue weighted by atomic mass is 32.2. The first-order chi connectivity index (χ1) is 7.40. The Morgan fingerprint density at radius 1 is 1.44 bits per heavy atom. The largest absolute Gasteiger partial charge is 0.748 e. The van der Waals surface area contributed by atoms with Crippen LogP contribution in [0, 0.1) is 5.92 Å². The van der Waals surface area contributed by atoms with Crippen molar-refractivity contribution in [2.24, 2.45) is 5.92 Å². The lowest BCUT2D eigenvalue weighted by Gasteiger charge is -2.19. The first-order valence-corrected chi connectivity index (χ1v) is 6.61. The molecule has 0 radical (unpaired) electrons. The third kappa shape index (κ3) is 4.28. The fourth-order valence-corrected chi connectivity index (χ4v) is 1.86. The first-order valence-electron chi connectivity index (χ1n) is 5.03. The molecule has 1 aliphatic carbocycles. The van der Waals surface area contributed by atoms with Gasteiger partial charge in [0.2, 0.25) is 0 Å². The molecule has 0 N–H and O–H groups in total. The van der Waals surface area contributed by atoms with Crippen molar-refractivity contribution >= 4 is 21.9 Å². The average molecular weight is 249 g/mol. The zero-order valence-electron chi connectivity index (χ0n) is 8.68. The van der Waals surface area contributed by atoms with Gasteiger partial charge in [-0.05, 0) is 12.8 Å². The van der Waals surface area contributed by atoms with E-state index in [1.165, 1.54) is 0 Å². The standard InChI is InChI=1S/C9H14O6S/c10-8-4-2-1-3-7(8)9(11)15-5-6-16(12,13)14/h7H,1-6H2,(H,12,13,14)/p-1. The monoisotopic (exact) mass is 249 g/mol. The van der Waals surface area contributed by atoms with E-state index in [-0.39, 0.29) is 5.78 Å². The van der Waals surface area contributed by atoms with Crippen molar-refractivity contribution in [2.75, 3.05) is 12.4 Å². The van der Waals surface area contributed by atoms with Gasteiger partial charge in [-0.25, -0.2) is 8.42 Å². The van der Waals surface area contributed by atoms with E-state index in [1.807, 2.05) is 0 Å². The van der Waals surface area contributed by atoms with Crippen molar-refractivity contribution < 1.29 is 27.3 Å². The number of esters is 1. The van der Waals surface area contributed by atoms with Crippen molar-refractivity contribution in [1.82, 2.24) is 0 Å². The Bertz CT molecular complexity index is 371. The Hall–Kier alpha value is -0.950. The van der Waals surface area contributed by atoms with Crippen LogP contribution in [0.2, 0.25) is 0 Å². The molecule has 0 aromatic heterocycles. The molecule has 0 aliphatic heterocycles. The van der Waals surface area contributed by atoms with Gasteiger partial charge >= 0.3 is 5.97 Å². The number of hydrogen-bond acceptors (Lipinski definition) is 6. The van der Waals surface area contributed by atoms with Crippen LogP contribution in [0.3, 0.4) is 0 Å². The van der Waals surface area contributed by atoms with Gasteiger partial charge in [-0.2, -0.15) is 0 Å². The van der Waals surface area contributed by atoms with Crippen LogP contribution in [0.1, 0.15) is 25.7 Å². The lowest BCUT2D eigenvalue weighted by atomic mass is 9.88. The normalized spacial score (nSPS) is 21.8. The summed E-state index contributed by atoms with van der Waals surface area (Å²) in [4.78, 5) is 22.7. The Kier molecular flexibility index (Phi) is 4.43. The maximum atomic E-state index is 11.4. The van der Waals surface area contributed by atoms with Crippen molar-refractivity contribution in [3.05, 3.63) is 0 Å². The minimum Gasteiger partial charge on any atom is -0.748 e. The van der Waals surface area contributed by atoms with Crippen LogP contribution in [0.5, 0.6) is 0 Å². The molecule has 1 aliphatic rings. The molecule has 1 saturated carbocycles. The lowest BCUT2D eigenvalue weighted by Crippen LogP contribution is -2.30. The van der Waals surface area contributed by atoms with E-state index in [2.05, 4.69) is 4.74 Å². The van der Waals surface area contributed by atoms with Crippen LogP contribution < -0.4 is 0 Å². The molecule has 1 atom stereocenters. The second-order valence-electron chi connectivity index (χ2n) is 3.69. The van der Waals surface area contributed by atoms with E-state index >= 15 is 0 Å². The summed E-state index contributed by atoms with van der Waals surface area (Å²) in [6, 6.07) is 0. The molecule has 1 rings (SSSR count). The summed E-state index contributed by atoms with van der Waals surface area (Å²) in [6.45, 7) is -0.478. The lowest BCUT2D eigenvalue weighted by molar-refractivity contribution is -0.152. The summed E-state index contributed by atoms with van der Waals surface area (Å²) in [5.74, 6) is -2.41. The highest BCUT2D eigenvalue weighted by Crippen LogP contribution is 2.21. The minimum absolute atomic E-state index is 0.166. The average Bonchev–Trinajstić information content (AvgIpc) is 2.16. The molecule has 1 fully saturated rings. The SMILES string of the molecule is O=C1CCCCC1C(=O)OCCS(=O)(=O)[O-]. The summed E-state index contributed by atoms with van der Waals surface area (Å²) in [5, 5.41) is 0. The number of ketones is 1. The number of carbonyl (C=O) groups excluding carboxylic acids is 2. The molecule has 0 bridgehead atoms. The van der Waals surface area contributed by atoms with E-state index in [9.17, 15) is 22.6 Å². The molecule has 0 aromatic rings. The van der Waals surface area contributed by atoms with Gasteiger partial charge < -0.3 is 9.29 Å². The van der Waals surface area contributed by atoms with Gasteiger partial charge in [-0.3, -0.25) is 9.59 Å². The Labute approximate surface area is 93.7 Å². The molecule has 92 valence electrons. The number of rotatable bonds is 4. The van der Waals surface area contributed by atoms with Crippen molar-refractivity contribution in [3.63, 3.8) is 0 Å². The van der Waals surface area contributed by atoms with Gasteiger partial charge in [0.1, 0.15) is 18.3 Å². The van der Waals surface area contributed by atoms with E-state index < -0.39 is 34.4 Å². The van der Waals surface area contributed by atoms with Crippen LogP contribution in [0.4, 0.5) is 0 Å². The number of ether oxygens (including phenoxy) is 1. The molecule has 7 heteroatoms. The molecular weight excluding hydrogens is 236 g/mol. The second-order valence-corrected chi connectivity index (χ2v) is 5.22. The molecule has 6 nitrogen and oxygen atoms in total. The molecule has 16 heavy (non-hydrogen) atoms. The smallest absolute Gasteiger partial charge is 0.316 e. The molecule has 0 heterocycles. The van der Waals surface area contributed by atoms with Crippen molar-refractivity contribution in [3.8, 4) is 0 Å². The maximum absolute atomic E-state index is 11.4. The summed E-state index contributed by atoms with van der Waals surface area (Å²) in [6.07, 6.45) is 2.37. The van der Waals surface area contributed by atoms with E-state index in [0.29, 0.717) is 12.8 Å². The van der Waals surface area contributed by atoms with Gasteiger partial charge in [0.25, 0.3) is 0 Å². The van der Waals surface area contributed by atoms with Gasteiger partial charge in [0.05, 0.1) is 15.9 Å². The second kappa shape index (κ2) is 5.40. The van der Waals surface area contributed by atoms with E-state index in [1.54, 1.807) is 0 Å². The molecule has 0 saturated heterocycles. The first kappa shape index (κ1) is 13.1. The predicted molar refractivity (Wildman–Crippen MR) is 52.5 cm³/mol.